The number of nitrogens with zero attached hydrogens (tertiary/aromatic N) is 3. The number of nitrogens with one attached hydrogen (secondary N) is 1. The summed E-state index contributed by atoms with van der Waals surface area (Å²) in [5.74, 6) is 1.38. The highest BCUT2D eigenvalue weighted by Gasteiger charge is 2.26. The van der Waals surface area contributed by atoms with Crippen LogP contribution in [0.15, 0.2) is 59.5 Å². The zero-order chi connectivity index (χ0) is 19.3. The number of aromatic amines is 1. The Bertz CT molecular complexity index is 987. The molecule has 144 valence electrons. The summed E-state index contributed by atoms with van der Waals surface area (Å²) in [5.41, 5.74) is 2.54. The van der Waals surface area contributed by atoms with Gasteiger partial charge >= 0.3 is 0 Å². The minimum atomic E-state index is -0.141. The van der Waals surface area contributed by atoms with Gasteiger partial charge in [0.2, 0.25) is 0 Å². The first-order valence-corrected chi connectivity index (χ1v) is 9.62. The van der Waals surface area contributed by atoms with Crippen molar-refractivity contribution < 1.29 is 4.74 Å². The second kappa shape index (κ2) is 8.35. The number of likely N-dealkylation sites (tertiary alicyclic amines) is 1. The van der Waals surface area contributed by atoms with Crippen molar-refractivity contribution in [2.24, 2.45) is 0 Å². The maximum Gasteiger partial charge on any atom is 0.251 e. The van der Waals surface area contributed by atoms with Gasteiger partial charge in [-0.1, -0.05) is 24.6 Å². The minimum absolute atomic E-state index is 0.115. The molecule has 0 aliphatic carbocycles. The van der Waals surface area contributed by atoms with Crippen LogP contribution >= 0.6 is 0 Å². The number of aromatic nitrogens is 3. The van der Waals surface area contributed by atoms with Crippen molar-refractivity contribution in [1.29, 1.82) is 0 Å². The average molecular weight is 376 g/mol. The lowest BCUT2D eigenvalue weighted by atomic mass is 9.98. The number of hydrogen-bond acceptors (Lipinski definition) is 5. The molecule has 1 N–H and O–H groups in total. The summed E-state index contributed by atoms with van der Waals surface area (Å²) in [7, 11) is 1.68. The predicted molar refractivity (Wildman–Crippen MR) is 108 cm³/mol. The third-order valence-electron chi connectivity index (χ3n) is 5.14. The number of benzene rings is 1. The molecule has 0 spiro atoms. The summed E-state index contributed by atoms with van der Waals surface area (Å²) < 4.78 is 5.35. The normalized spacial score (nSPS) is 17.4. The Labute approximate surface area is 164 Å². The van der Waals surface area contributed by atoms with Crippen LogP contribution in [0.2, 0.25) is 0 Å². The molecular weight excluding hydrogens is 352 g/mol. The van der Waals surface area contributed by atoms with Gasteiger partial charge in [0.05, 0.1) is 18.8 Å². The minimum Gasteiger partial charge on any atom is -0.497 e. The van der Waals surface area contributed by atoms with E-state index in [2.05, 4.69) is 27.0 Å². The lowest BCUT2D eigenvalue weighted by Gasteiger charge is -2.35. The monoisotopic (exact) mass is 376 g/mol. The van der Waals surface area contributed by atoms with Gasteiger partial charge in [0.25, 0.3) is 5.56 Å². The van der Waals surface area contributed by atoms with Gasteiger partial charge in [-0.05, 0) is 49.2 Å². The topological polar surface area (TPSA) is 71.1 Å². The molecule has 2 aromatic heterocycles. The molecule has 1 aliphatic rings. The van der Waals surface area contributed by atoms with E-state index >= 15 is 0 Å². The molecule has 4 rings (SSSR count). The van der Waals surface area contributed by atoms with E-state index in [1.807, 2.05) is 30.3 Å². The van der Waals surface area contributed by atoms with Crippen LogP contribution in [-0.4, -0.2) is 33.5 Å². The molecule has 0 bridgehead atoms. The van der Waals surface area contributed by atoms with E-state index in [-0.39, 0.29) is 11.6 Å². The van der Waals surface area contributed by atoms with Crippen LogP contribution in [0.25, 0.3) is 11.5 Å². The fourth-order valence-corrected chi connectivity index (χ4v) is 3.79. The van der Waals surface area contributed by atoms with Gasteiger partial charge < -0.3 is 9.72 Å². The highest BCUT2D eigenvalue weighted by atomic mass is 16.5. The SMILES string of the molecule is COc1cccc(CN2CCCC[C@@H]2c2cc(=O)[nH]c(-c3ccccn3)n2)c1. The number of pyridine rings is 1. The fourth-order valence-electron chi connectivity index (χ4n) is 3.79. The number of ether oxygens (including phenoxy) is 1. The van der Waals surface area contributed by atoms with Crippen LogP contribution in [-0.2, 0) is 6.54 Å². The maximum absolute atomic E-state index is 12.3. The van der Waals surface area contributed by atoms with Crippen LogP contribution < -0.4 is 10.3 Å². The molecule has 6 nitrogen and oxygen atoms in total. The second-order valence-electron chi connectivity index (χ2n) is 7.07. The Kier molecular flexibility index (Phi) is 5.48. The summed E-state index contributed by atoms with van der Waals surface area (Å²) in [4.78, 5) is 26.6. The Balaban J connectivity index is 1.64. The van der Waals surface area contributed by atoms with Gasteiger partial charge in [-0.25, -0.2) is 4.98 Å². The predicted octanol–water partition coefficient (Wildman–Crippen LogP) is 3.57. The molecule has 1 fully saturated rings. The molecule has 0 radical (unpaired) electrons. The van der Waals surface area contributed by atoms with Crippen molar-refractivity contribution in [2.45, 2.75) is 31.8 Å². The molecule has 1 aliphatic heterocycles. The van der Waals surface area contributed by atoms with Crippen molar-refractivity contribution in [3.05, 3.63) is 76.3 Å². The first kappa shape index (κ1) is 18.4. The van der Waals surface area contributed by atoms with E-state index in [4.69, 9.17) is 9.72 Å². The Morgan fingerprint density at radius 2 is 2.11 bits per heavy atom. The molecule has 28 heavy (non-hydrogen) atoms. The number of methoxy groups -OCH3 is 1. The quantitative estimate of drug-likeness (QED) is 0.737. The van der Waals surface area contributed by atoms with Gasteiger partial charge in [0, 0.05) is 18.8 Å². The maximum atomic E-state index is 12.3. The van der Waals surface area contributed by atoms with E-state index in [0.29, 0.717) is 11.5 Å². The van der Waals surface area contributed by atoms with Gasteiger partial charge in [-0.15, -0.1) is 0 Å². The molecule has 3 heterocycles. The molecule has 3 aromatic rings. The third-order valence-corrected chi connectivity index (χ3v) is 5.14. The smallest absolute Gasteiger partial charge is 0.251 e. The van der Waals surface area contributed by atoms with Crippen molar-refractivity contribution >= 4 is 0 Å². The van der Waals surface area contributed by atoms with Crippen LogP contribution in [0.3, 0.4) is 0 Å². The molecule has 1 atom stereocenters. The molecule has 6 heteroatoms. The van der Waals surface area contributed by atoms with Crippen LogP contribution in [0.4, 0.5) is 0 Å². The zero-order valence-corrected chi connectivity index (χ0v) is 16.0. The standard InChI is InChI=1S/C22H24N4O2/c1-28-17-8-6-7-16(13-17)15-26-12-5-3-10-20(26)19-14-21(27)25-22(24-19)18-9-2-4-11-23-18/h2,4,6-9,11,13-14,20H,3,5,10,12,15H2,1H3,(H,24,25,27)/t20-/m1/s1. The first-order chi connectivity index (χ1) is 13.7. The highest BCUT2D eigenvalue weighted by Crippen LogP contribution is 2.31. The summed E-state index contributed by atoms with van der Waals surface area (Å²) in [5, 5.41) is 0. The average Bonchev–Trinajstić information content (AvgIpc) is 2.74. The summed E-state index contributed by atoms with van der Waals surface area (Å²) in [6, 6.07) is 15.5. The van der Waals surface area contributed by atoms with Crippen molar-refractivity contribution in [3.8, 4) is 17.3 Å². The van der Waals surface area contributed by atoms with Crippen molar-refractivity contribution in [1.82, 2.24) is 19.9 Å². The van der Waals surface area contributed by atoms with Crippen molar-refractivity contribution in [2.75, 3.05) is 13.7 Å². The van der Waals surface area contributed by atoms with Gasteiger partial charge in [-0.3, -0.25) is 14.7 Å². The van der Waals surface area contributed by atoms with E-state index in [0.717, 1.165) is 43.8 Å². The Hall–Kier alpha value is -2.99. The highest BCUT2D eigenvalue weighted by molar-refractivity contribution is 5.48. The van der Waals surface area contributed by atoms with E-state index in [1.165, 1.54) is 5.56 Å². The molecule has 1 aromatic carbocycles. The molecular formula is C22H24N4O2. The lowest BCUT2D eigenvalue weighted by Crippen LogP contribution is -2.34. The Morgan fingerprint density at radius 3 is 2.93 bits per heavy atom. The van der Waals surface area contributed by atoms with E-state index in [1.54, 1.807) is 19.4 Å². The van der Waals surface area contributed by atoms with Gasteiger partial charge in [0.1, 0.15) is 11.4 Å². The number of piperidine rings is 1. The summed E-state index contributed by atoms with van der Waals surface area (Å²) in [6.07, 6.45) is 4.98. The van der Waals surface area contributed by atoms with Gasteiger partial charge in [0.15, 0.2) is 5.82 Å². The first-order valence-electron chi connectivity index (χ1n) is 9.62. The van der Waals surface area contributed by atoms with E-state index in [9.17, 15) is 4.79 Å². The van der Waals surface area contributed by atoms with E-state index < -0.39 is 0 Å². The lowest BCUT2D eigenvalue weighted by molar-refractivity contribution is 0.137. The number of H-pyrrole nitrogens is 1. The number of rotatable bonds is 5. The largest absolute Gasteiger partial charge is 0.497 e. The molecule has 0 unspecified atom stereocenters. The van der Waals surface area contributed by atoms with Crippen molar-refractivity contribution in [3.63, 3.8) is 0 Å². The van der Waals surface area contributed by atoms with Crippen LogP contribution in [0, 0.1) is 0 Å². The fraction of sp³-hybridized carbons (Fsp3) is 0.318. The van der Waals surface area contributed by atoms with Crippen LogP contribution in [0.5, 0.6) is 5.75 Å². The zero-order valence-electron chi connectivity index (χ0n) is 16.0. The Morgan fingerprint density at radius 1 is 1.18 bits per heavy atom. The molecule has 1 saturated heterocycles. The van der Waals surface area contributed by atoms with Crippen LogP contribution in [0.1, 0.15) is 36.6 Å². The number of hydrogen-bond donors (Lipinski definition) is 1. The molecule has 0 saturated carbocycles. The third kappa shape index (κ3) is 4.12. The summed E-state index contributed by atoms with van der Waals surface area (Å²) >= 11 is 0. The summed E-state index contributed by atoms with van der Waals surface area (Å²) in [6.45, 7) is 1.78. The molecule has 0 amide bonds. The second-order valence-corrected chi connectivity index (χ2v) is 7.07. The van der Waals surface area contributed by atoms with Gasteiger partial charge in [-0.2, -0.15) is 0 Å².